The molecule has 3 rings (SSSR count). The Labute approximate surface area is 217 Å². The maximum atomic E-state index is 13.3. The van der Waals surface area contributed by atoms with Crippen LogP contribution in [-0.4, -0.2) is 24.7 Å². The molecule has 0 aliphatic rings. The highest BCUT2D eigenvalue weighted by Gasteiger charge is 2.27. The molecule has 6 nitrogen and oxygen atoms in total. The summed E-state index contributed by atoms with van der Waals surface area (Å²) >= 11 is 0. The molecule has 0 atom stereocenters. The van der Waals surface area contributed by atoms with Gasteiger partial charge in [-0.05, 0) is 70.8 Å². The van der Waals surface area contributed by atoms with Crippen molar-refractivity contribution in [1.29, 1.82) is 0 Å². The predicted octanol–water partition coefficient (Wildman–Crippen LogP) is 6.29. The van der Waals surface area contributed by atoms with Crippen LogP contribution in [-0.2, 0) is 10.2 Å². The van der Waals surface area contributed by atoms with Crippen molar-refractivity contribution < 1.29 is 23.5 Å². The number of amides is 1. The van der Waals surface area contributed by atoms with E-state index in [2.05, 4.69) is 45.1 Å². The summed E-state index contributed by atoms with van der Waals surface area (Å²) in [6, 6.07) is 19.6. The van der Waals surface area contributed by atoms with E-state index < -0.39 is 17.7 Å². The average molecular weight is 505 g/mol. The van der Waals surface area contributed by atoms with Gasteiger partial charge in [0.05, 0.1) is 11.8 Å². The molecule has 1 amide bonds. The summed E-state index contributed by atoms with van der Waals surface area (Å²) in [6.07, 6.45) is 2.46. The van der Waals surface area contributed by atoms with Gasteiger partial charge in [0.15, 0.2) is 6.61 Å². The van der Waals surface area contributed by atoms with E-state index in [1.165, 1.54) is 30.0 Å². The molecule has 0 aliphatic heterocycles. The molecule has 1 N–H and O–H groups in total. The SMILES string of the molecule is CC(C)(C)CC(C)(C)c1ccc(OCC(=O)NN=Cc2cccc(OC(=O)c3cccc(F)c3)c2)cc1. The van der Waals surface area contributed by atoms with Gasteiger partial charge in [0.25, 0.3) is 5.91 Å². The van der Waals surface area contributed by atoms with Crippen molar-refractivity contribution in [3.05, 3.63) is 95.3 Å². The summed E-state index contributed by atoms with van der Waals surface area (Å²) < 4.78 is 24.2. The highest BCUT2D eigenvalue weighted by molar-refractivity contribution is 5.91. The normalized spacial score (nSPS) is 11.8. The zero-order valence-corrected chi connectivity index (χ0v) is 21.9. The number of halogens is 1. The van der Waals surface area contributed by atoms with E-state index in [4.69, 9.17) is 9.47 Å². The maximum absolute atomic E-state index is 13.3. The number of carbonyl (C=O) groups is 2. The molecule has 0 aliphatic carbocycles. The van der Waals surface area contributed by atoms with Crippen molar-refractivity contribution in [2.24, 2.45) is 10.5 Å². The van der Waals surface area contributed by atoms with E-state index in [0.717, 1.165) is 12.5 Å². The van der Waals surface area contributed by atoms with Gasteiger partial charge in [-0.3, -0.25) is 4.79 Å². The summed E-state index contributed by atoms with van der Waals surface area (Å²) in [7, 11) is 0. The van der Waals surface area contributed by atoms with Crippen molar-refractivity contribution in [3.63, 3.8) is 0 Å². The molecule has 3 aromatic rings. The number of ether oxygens (including phenoxy) is 2. The Bertz CT molecular complexity index is 1260. The van der Waals surface area contributed by atoms with Gasteiger partial charge in [-0.15, -0.1) is 0 Å². The number of hydrogen-bond acceptors (Lipinski definition) is 5. The molecule has 0 radical (unpaired) electrons. The van der Waals surface area contributed by atoms with Crippen LogP contribution in [0.1, 0.15) is 62.5 Å². The quantitative estimate of drug-likeness (QED) is 0.161. The lowest BCUT2D eigenvalue weighted by Gasteiger charge is -2.33. The fourth-order valence-corrected chi connectivity index (χ4v) is 4.23. The van der Waals surface area contributed by atoms with Gasteiger partial charge in [0, 0.05) is 0 Å². The number of esters is 1. The lowest BCUT2D eigenvalue weighted by molar-refractivity contribution is -0.123. The molecular formula is C30H33FN2O4. The van der Waals surface area contributed by atoms with E-state index in [1.54, 1.807) is 24.3 Å². The zero-order valence-electron chi connectivity index (χ0n) is 21.9. The molecule has 7 heteroatoms. The molecule has 0 bridgehead atoms. The summed E-state index contributed by atoms with van der Waals surface area (Å²) in [5.74, 6) is -0.747. The van der Waals surface area contributed by atoms with E-state index >= 15 is 0 Å². The zero-order chi connectivity index (χ0) is 27.1. The number of rotatable bonds is 9. The third-order valence-corrected chi connectivity index (χ3v) is 5.51. The number of hydrazone groups is 1. The molecular weight excluding hydrogens is 471 g/mol. The van der Waals surface area contributed by atoms with E-state index in [9.17, 15) is 14.0 Å². The van der Waals surface area contributed by atoms with Crippen LogP contribution >= 0.6 is 0 Å². The van der Waals surface area contributed by atoms with Crippen LogP contribution in [0, 0.1) is 11.2 Å². The first kappa shape index (κ1) is 27.6. The Morgan fingerprint density at radius 3 is 2.30 bits per heavy atom. The van der Waals surface area contributed by atoms with Crippen LogP contribution in [0.3, 0.4) is 0 Å². The summed E-state index contributed by atoms with van der Waals surface area (Å²) in [5.41, 5.74) is 4.57. The number of benzene rings is 3. The number of nitrogens with zero attached hydrogens (tertiary/aromatic N) is 1. The molecule has 0 aromatic heterocycles. The summed E-state index contributed by atoms with van der Waals surface area (Å²) in [4.78, 5) is 24.3. The van der Waals surface area contributed by atoms with Crippen molar-refractivity contribution in [1.82, 2.24) is 5.43 Å². The fraction of sp³-hybridized carbons (Fsp3) is 0.300. The first-order valence-corrected chi connectivity index (χ1v) is 12.0. The van der Waals surface area contributed by atoms with Gasteiger partial charge in [-0.25, -0.2) is 14.6 Å². The second-order valence-electron chi connectivity index (χ2n) is 10.7. The third kappa shape index (κ3) is 8.86. The second kappa shape index (κ2) is 11.8. The third-order valence-electron chi connectivity index (χ3n) is 5.51. The molecule has 0 saturated carbocycles. The van der Waals surface area contributed by atoms with Crippen molar-refractivity contribution in [2.75, 3.05) is 6.61 Å². The van der Waals surface area contributed by atoms with E-state index in [-0.39, 0.29) is 28.7 Å². The van der Waals surface area contributed by atoms with Gasteiger partial charge < -0.3 is 9.47 Å². The van der Waals surface area contributed by atoms with E-state index in [1.807, 2.05) is 24.3 Å². The highest BCUT2D eigenvalue weighted by Crippen LogP contribution is 2.36. The van der Waals surface area contributed by atoms with Gasteiger partial charge in [-0.1, -0.05) is 65.0 Å². The van der Waals surface area contributed by atoms with Crippen LogP contribution in [0.5, 0.6) is 11.5 Å². The Hall–Kier alpha value is -4.00. The fourth-order valence-electron chi connectivity index (χ4n) is 4.23. The molecule has 0 heterocycles. The number of hydrogen-bond donors (Lipinski definition) is 1. The van der Waals surface area contributed by atoms with Gasteiger partial charge in [0.2, 0.25) is 0 Å². The first-order chi connectivity index (χ1) is 17.4. The molecule has 37 heavy (non-hydrogen) atoms. The topological polar surface area (TPSA) is 77.0 Å². The Balaban J connectivity index is 1.49. The minimum absolute atomic E-state index is 0.0258. The first-order valence-electron chi connectivity index (χ1n) is 12.0. The van der Waals surface area contributed by atoms with Crippen LogP contribution in [0.15, 0.2) is 77.9 Å². The standard InChI is InChI=1S/C30H33FN2O4/c1-29(2,3)20-30(4,5)23-12-14-25(15-13-23)36-19-27(34)33-32-18-21-8-6-11-26(16-21)37-28(35)22-9-7-10-24(31)17-22/h6-18H,19-20H2,1-5H3,(H,33,34). The number of carbonyl (C=O) groups excluding carboxylic acids is 2. The maximum Gasteiger partial charge on any atom is 0.343 e. The summed E-state index contributed by atoms with van der Waals surface area (Å²) in [5, 5.41) is 3.93. The van der Waals surface area contributed by atoms with Gasteiger partial charge in [0.1, 0.15) is 17.3 Å². The summed E-state index contributed by atoms with van der Waals surface area (Å²) in [6.45, 7) is 11.0. The molecule has 3 aromatic carbocycles. The lowest BCUT2D eigenvalue weighted by Crippen LogP contribution is -2.25. The van der Waals surface area contributed by atoms with Crippen LogP contribution < -0.4 is 14.9 Å². The molecule has 0 fully saturated rings. The lowest BCUT2D eigenvalue weighted by atomic mass is 9.72. The minimum atomic E-state index is -0.676. The molecule has 194 valence electrons. The van der Waals surface area contributed by atoms with Gasteiger partial charge in [-0.2, -0.15) is 5.10 Å². The number of nitrogens with one attached hydrogen (secondary N) is 1. The van der Waals surface area contributed by atoms with Crippen molar-refractivity contribution >= 4 is 18.1 Å². The largest absolute Gasteiger partial charge is 0.484 e. The van der Waals surface area contributed by atoms with Gasteiger partial charge >= 0.3 is 5.97 Å². The second-order valence-corrected chi connectivity index (χ2v) is 10.7. The Kier molecular flexibility index (Phi) is 8.81. The molecule has 0 saturated heterocycles. The Morgan fingerprint density at radius 2 is 1.62 bits per heavy atom. The van der Waals surface area contributed by atoms with Crippen LogP contribution in [0.4, 0.5) is 4.39 Å². The van der Waals surface area contributed by atoms with E-state index in [0.29, 0.717) is 11.3 Å². The Morgan fingerprint density at radius 1 is 0.919 bits per heavy atom. The predicted molar refractivity (Wildman–Crippen MR) is 143 cm³/mol. The highest BCUT2D eigenvalue weighted by atomic mass is 19.1. The van der Waals surface area contributed by atoms with Crippen molar-refractivity contribution in [2.45, 2.75) is 46.5 Å². The van der Waals surface area contributed by atoms with Crippen LogP contribution in [0.2, 0.25) is 0 Å². The monoisotopic (exact) mass is 504 g/mol. The molecule has 0 unspecified atom stereocenters. The smallest absolute Gasteiger partial charge is 0.343 e. The minimum Gasteiger partial charge on any atom is -0.484 e. The van der Waals surface area contributed by atoms with Crippen molar-refractivity contribution in [3.8, 4) is 11.5 Å². The van der Waals surface area contributed by atoms with Crippen LogP contribution in [0.25, 0.3) is 0 Å². The average Bonchev–Trinajstić information content (AvgIpc) is 2.82. The molecule has 0 spiro atoms.